The van der Waals surface area contributed by atoms with E-state index < -0.39 is 17.1 Å². The van der Waals surface area contributed by atoms with Crippen molar-refractivity contribution >= 4 is 11.6 Å². The molecule has 148 valence electrons. The van der Waals surface area contributed by atoms with Crippen LogP contribution in [0, 0.1) is 24.1 Å². The van der Waals surface area contributed by atoms with Gasteiger partial charge in [-0.2, -0.15) is 5.26 Å². The zero-order valence-corrected chi connectivity index (χ0v) is 16.5. The monoisotopic (exact) mass is 413 g/mol. The summed E-state index contributed by atoms with van der Waals surface area (Å²) < 4.78 is 22.2. The Labute approximate surface area is 170 Å². The first-order chi connectivity index (χ1) is 13.8. The fraction of sp³-hybridized carbons (Fsp3) is 0.190. The summed E-state index contributed by atoms with van der Waals surface area (Å²) in [6.07, 6.45) is 1.89. The van der Waals surface area contributed by atoms with Crippen molar-refractivity contribution in [1.82, 2.24) is 9.55 Å². The van der Waals surface area contributed by atoms with Gasteiger partial charge in [0, 0.05) is 22.3 Å². The minimum Gasteiger partial charge on any atom is -0.454 e. The van der Waals surface area contributed by atoms with Crippen LogP contribution in [0.4, 0.5) is 4.39 Å². The van der Waals surface area contributed by atoms with Crippen LogP contribution in [0.3, 0.4) is 0 Å². The van der Waals surface area contributed by atoms with E-state index in [1.54, 1.807) is 19.1 Å². The number of aromatic nitrogens is 2. The number of nitrogens with one attached hydrogen (secondary N) is 1. The molecule has 3 aromatic rings. The van der Waals surface area contributed by atoms with E-state index >= 15 is 4.39 Å². The first kappa shape index (κ1) is 20.4. The van der Waals surface area contributed by atoms with Gasteiger partial charge in [0.15, 0.2) is 11.6 Å². The standard InChI is InChI=1S/C21H17ClFN3O3/c1-3-14-4-5-15(11-26-10-12(2)20(27)25-21(26)28)18(23)19(14)29-17-7-13(9-24)6-16(22)8-17/h4-8,10H,3,11H2,1-2H3,(H,25,27,28). The topological polar surface area (TPSA) is 87.9 Å². The SMILES string of the molecule is CCc1ccc(Cn2cc(C)c(=O)[nH]c2=O)c(F)c1Oc1cc(Cl)cc(C#N)c1. The molecule has 0 saturated carbocycles. The molecular weight excluding hydrogens is 397 g/mol. The highest BCUT2D eigenvalue weighted by molar-refractivity contribution is 6.30. The van der Waals surface area contributed by atoms with Gasteiger partial charge in [0.05, 0.1) is 18.2 Å². The number of hydrogen-bond acceptors (Lipinski definition) is 4. The molecule has 0 amide bonds. The lowest BCUT2D eigenvalue weighted by Crippen LogP contribution is -2.31. The van der Waals surface area contributed by atoms with Crippen molar-refractivity contribution in [2.24, 2.45) is 0 Å². The van der Waals surface area contributed by atoms with Gasteiger partial charge in [-0.1, -0.05) is 30.7 Å². The van der Waals surface area contributed by atoms with Gasteiger partial charge in [-0.05, 0) is 37.1 Å². The number of ether oxygens (including phenoxy) is 1. The first-order valence-electron chi connectivity index (χ1n) is 8.81. The van der Waals surface area contributed by atoms with Crippen molar-refractivity contribution in [3.8, 4) is 17.6 Å². The Morgan fingerprint density at radius 3 is 2.66 bits per heavy atom. The number of rotatable bonds is 5. The van der Waals surface area contributed by atoms with Gasteiger partial charge in [0.1, 0.15) is 5.75 Å². The molecule has 0 aliphatic carbocycles. The van der Waals surface area contributed by atoms with E-state index in [1.165, 1.54) is 29.0 Å². The molecular formula is C21H17ClFN3O3. The maximum atomic E-state index is 15.3. The number of nitrogens with zero attached hydrogens (tertiary/aromatic N) is 2. The van der Waals surface area contributed by atoms with Gasteiger partial charge in [-0.25, -0.2) is 9.18 Å². The van der Waals surface area contributed by atoms with E-state index in [4.69, 9.17) is 21.6 Å². The summed E-state index contributed by atoms with van der Waals surface area (Å²) in [5.74, 6) is -0.388. The fourth-order valence-electron chi connectivity index (χ4n) is 2.87. The Morgan fingerprint density at radius 1 is 1.24 bits per heavy atom. The molecule has 0 spiro atoms. The van der Waals surface area contributed by atoms with Crippen molar-refractivity contribution < 1.29 is 9.13 Å². The Bertz CT molecular complexity index is 1240. The third-order valence-corrected chi connectivity index (χ3v) is 4.61. The summed E-state index contributed by atoms with van der Waals surface area (Å²) in [6, 6.07) is 9.70. The van der Waals surface area contributed by atoms with Crippen molar-refractivity contribution in [2.75, 3.05) is 0 Å². The summed E-state index contributed by atoms with van der Waals surface area (Å²) in [4.78, 5) is 25.8. The van der Waals surface area contributed by atoms with Gasteiger partial charge in [-0.15, -0.1) is 0 Å². The molecule has 0 bridgehead atoms. The molecule has 2 aromatic carbocycles. The minimum absolute atomic E-state index is 0.00496. The van der Waals surface area contributed by atoms with Crippen LogP contribution in [0.2, 0.25) is 5.02 Å². The minimum atomic E-state index is -0.629. The fourth-order valence-corrected chi connectivity index (χ4v) is 3.10. The average Bonchev–Trinajstić information content (AvgIpc) is 2.68. The third-order valence-electron chi connectivity index (χ3n) is 4.39. The van der Waals surface area contributed by atoms with Gasteiger partial charge < -0.3 is 4.74 Å². The van der Waals surface area contributed by atoms with Crippen LogP contribution < -0.4 is 16.0 Å². The average molecular weight is 414 g/mol. The van der Waals surface area contributed by atoms with E-state index in [-0.39, 0.29) is 29.2 Å². The number of halogens is 2. The maximum Gasteiger partial charge on any atom is 0.328 e. The van der Waals surface area contributed by atoms with Crippen LogP contribution in [0.5, 0.6) is 11.5 Å². The van der Waals surface area contributed by atoms with E-state index in [9.17, 15) is 9.59 Å². The Balaban J connectivity index is 2.04. The Morgan fingerprint density at radius 2 is 1.97 bits per heavy atom. The second-order valence-corrected chi connectivity index (χ2v) is 6.91. The van der Waals surface area contributed by atoms with Crippen molar-refractivity contribution in [2.45, 2.75) is 26.8 Å². The molecule has 0 radical (unpaired) electrons. The highest BCUT2D eigenvalue weighted by Crippen LogP contribution is 2.33. The van der Waals surface area contributed by atoms with Crippen molar-refractivity contribution in [1.29, 1.82) is 5.26 Å². The highest BCUT2D eigenvalue weighted by Gasteiger charge is 2.17. The molecule has 8 heteroatoms. The molecule has 1 heterocycles. The molecule has 0 aliphatic rings. The number of aromatic amines is 1. The molecule has 0 saturated heterocycles. The molecule has 0 fully saturated rings. The predicted octanol–water partition coefficient (Wildman–Crippen LogP) is 3.91. The summed E-state index contributed by atoms with van der Waals surface area (Å²) in [5.41, 5.74) is 0.358. The molecule has 3 rings (SSSR count). The third kappa shape index (κ3) is 4.39. The van der Waals surface area contributed by atoms with Crippen LogP contribution in [-0.4, -0.2) is 9.55 Å². The number of H-pyrrole nitrogens is 1. The predicted molar refractivity (Wildman–Crippen MR) is 107 cm³/mol. The maximum absolute atomic E-state index is 15.3. The lowest BCUT2D eigenvalue weighted by atomic mass is 10.1. The largest absolute Gasteiger partial charge is 0.454 e. The van der Waals surface area contributed by atoms with Crippen molar-refractivity contribution in [3.63, 3.8) is 0 Å². The Kier molecular flexibility index (Phi) is 5.85. The highest BCUT2D eigenvalue weighted by atomic mass is 35.5. The van der Waals surface area contributed by atoms with Crippen LogP contribution >= 0.6 is 11.6 Å². The van der Waals surface area contributed by atoms with Crippen LogP contribution in [0.1, 0.15) is 29.2 Å². The molecule has 0 aliphatic heterocycles. The number of hydrogen-bond donors (Lipinski definition) is 1. The van der Waals surface area contributed by atoms with Gasteiger partial charge >= 0.3 is 5.69 Å². The van der Waals surface area contributed by atoms with Gasteiger partial charge in [-0.3, -0.25) is 14.3 Å². The normalized spacial score (nSPS) is 10.6. The van der Waals surface area contributed by atoms with Gasteiger partial charge in [0.25, 0.3) is 5.56 Å². The number of aryl methyl sites for hydroxylation is 2. The zero-order chi connectivity index (χ0) is 21.1. The molecule has 29 heavy (non-hydrogen) atoms. The quantitative estimate of drug-likeness (QED) is 0.686. The van der Waals surface area contributed by atoms with E-state index in [1.807, 2.05) is 13.0 Å². The van der Waals surface area contributed by atoms with Crippen LogP contribution in [0.15, 0.2) is 46.1 Å². The van der Waals surface area contributed by atoms with Gasteiger partial charge in [0.2, 0.25) is 0 Å². The second-order valence-electron chi connectivity index (χ2n) is 6.47. The molecule has 1 N–H and O–H groups in total. The molecule has 6 nitrogen and oxygen atoms in total. The number of nitriles is 1. The number of benzene rings is 2. The Hall–Kier alpha value is -3.37. The molecule has 0 unspecified atom stereocenters. The van der Waals surface area contributed by atoms with E-state index in [0.29, 0.717) is 22.6 Å². The zero-order valence-electron chi connectivity index (χ0n) is 15.8. The smallest absolute Gasteiger partial charge is 0.328 e. The summed E-state index contributed by atoms with van der Waals surface area (Å²) in [6.45, 7) is 3.34. The van der Waals surface area contributed by atoms with Crippen LogP contribution in [0.25, 0.3) is 0 Å². The van der Waals surface area contributed by atoms with E-state index in [0.717, 1.165) is 0 Å². The summed E-state index contributed by atoms with van der Waals surface area (Å²) in [5, 5.41) is 9.38. The summed E-state index contributed by atoms with van der Waals surface area (Å²) >= 11 is 6.00. The molecule has 0 atom stereocenters. The van der Waals surface area contributed by atoms with E-state index in [2.05, 4.69) is 4.98 Å². The lowest BCUT2D eigenvalue weighted by molar-refractivity contribution is 0.431. The lowest BCUT2D eigenvalue weighted by Gasteiger charge is -2.15. The van der Waals surface area contributed by atoms with Crippen molar-refractivity contribution in [3.05, 3.63) is 90.5 Å². The molecule has 1 aromatic heterocycles. The second kappa shape index (κ2) is 8.33. The first-order valence-corrected chi connectivity index (χ1v) is 9.19. The summed E-state index contributed by atoms with van der Waals surface area (Å²) in [7, 11) is 0. The van der Waals surface area contributed by atoms with Crippen LogP contribution in [-0.2, 0) is 13.0 Å².